The van der Waals surface area contributed by atoms with Gasteiger partial charge in [-0.2, -0.15) is 0 Å². The first kappa shape index (κ1) is 15.9. The van der Waals surface area contributed by atoms with E-state index in [2.05, 4.69) is 5.32 Å². The van der Waals surface area contributed by atoms with Crippen molar-refractivity contribution in [2.24, 2.45) is 0 Å². The molecule has 0 aliphatic heterocycles. The second-order valence-corrected chi connectivity index (χ2v) is 6.07. The molecule has 21 heavy (non-hydrogen) atoms. The van der Waals surface area contributed by atoms with Gasteiger partial charge >= 0.3 is 0 Å². The van der Waals surface area contributed by atoms with E-state index in [1.807, 2.05) is 25.1 Å². The van der Waals surface area contributed by atoms with Crippen molar-refractivity contribution in [3.05, 3.63) is 64.9 Å². The molecule has 110 valence electrons. The Bertz CT molecular complexity index is 618. The zero-order chi connectivity index (χ0) is 15.2. The number of rotatable bonds is 5. The lowest BCUT2D eigenvalue weighted by Gasteiger charge is -2.14. The summed E-state index contributed by atoms with van der Waals surface area (Å²) in [6.45, 7) is 1.91. The zero-order valence-corrected chi connectivity index (χ0v) is 13.0. The minimum Gasteiger partial charge on any atom is -0.349 e. The quantitative estimate of drug-likeness (QED) is 0.824. The Labute approximate surface area is 132 Å². The molecule has 2 aromatic rings. The van der Waals surface area contributed by atoms with Gasteiger partial charge in [0.1, 0.15) is 5.82 Å². The van der Waals surface area contributed by atoms with Crippen LogP contribution in [0.4, 0.5) is 4.39 Å². The largest absolute Gasteiger partial charge is 0.349 e. The smallest absolute Gasteiger partial charge is 0.230 e. The number of hydrogen-bond acceptors (Lipinski definition) is 2. The molecule has 0 saturated heterocycles. The molecule has 0 fully saturated rings. The maximum absolute atomic E-state index is 12.8. The lowest BCUT2D eigenvalue weighted by atomic mass is 10.1. The SMILES string of the molecule is CC(NC(=O)CSc1ccc(F)cc1)c1cccc(Cl)c1. The summed E-state index contributed by atoms with van der Waals surface area (Å²) in [6.07, 6.45) is 0. The van der Waals surface area contributed by atoms with Crippen LogP contribution in [-0.4, -0.2) is 11.7 Å². The molecule has 0 heterocycles. The Kier molecular flexibility index (Phi) is 5.65. The van der Waals surface area contributed by atoms with E-state index in [-0.39, 0.29) is 23.5 Å². The molecule has 2 rings (SSSR count). The van der Waals surface area contributed by atoms with Gasteiger partial charge in [0.15, 0.2) is 0 Å². The Balaban J connectivity index is 1.85. The van der Waals surface area contributed by atoms with Gasteiger partial charge in [0, 0.05) is 9.92 Å². The van der Waals surface area contributed by atoms with Crippen LogP contribution in [0.15, 0.2) is 53.4 Å². The molecule has 0 aliphatic rings. The molecular formula is C16H15ClFNOS. The van der Waals surface area contributed by atoms with Crippen LogP contribution in [0, 0.1) is 5.82 Å². The molecule has 0 saturated carbocycles. The van der Waals surface area contributed by atoms with Gasteiger partial charge in [0.25, 0.3) is 0 Å². The van der Waals surface area contributed by atoms with Crippen molar-refractivity contribution in [2.75, 3.05) is 5.75 Å². The van der Waals surface area contributed by atoms with Gasteiger partial charge in [0.05, 0.1) is 11.8 Å². The Hall–Kier alpha value is -1.52. The molecule has 0 aliphatic carbocycles. The standard InChI is InChI=1S/C16H15ClFNOS/c1-11(12-3-2-4-13(17)9-12)19-16(20)10-21-15-7-5-14(18)6-8-15/h2-9,11H,10H2,1H3,(H,19,20). The number of hydrogen-bond donors (Lipinski definition) is 1. The van der Waals surface area contributed by atoms with Crippen molar-refractivity contribution in [1.29, 1.82) is 0 Å². The highest BCUT2D eigenvalue weighted by Crippen LogP contribution is 2.20. The normalized spacial score (nSPS) is 12.0. The van der Waals surface area contributed by atoms with Crippen LogP contribution in [0.5, 0.6) is 0 Å². The number of carbonyl (C=O) groups is 1. The van der Waals surface area contributed by atoms with Crippen molar-refractivity contribution >= 4 is 29.3 Å². The average Bonchev–Trinajstić information content (AvgIpc) is 2.46. The molecule has 0 spiro atoms. The van der Waals surface area contributed by atoms with Crippen molar-refractivity contribution in [1.82, 2.24) is 5.32 Å². The maximum atomic E-state index is 12.8. The van der Waals surface area contributed by atoms with Crippen LogP contribution in [0.1, 0.15) is 18.5 Å². The summed E-state index contributed by atoms with van der Waals surface area (Å²) in [6, 6.07) is 13.4. The molecule has 0 radical (unpaired) electrons. The van der Waals surface area contributed by atoms with Gasteiger partial charge in [-0.25, -0.2) is 4.39 Å². The molecule has 5 heteroatoms. The van der Waals surface area contributed by atoms with Crippen molar-refractivity contribution in [3.8, 4) is 0 Å². The maximum Gasteiger partial charge on any atom is 0.230 e. The fourth-order valence-corrected chi connectivity index (χ4v) is 2.73. The fourth-order valence-electron chi connectivity index (χ4n) is 1.82. The summed E-state index contributed by atoms with van der Waals surface area (Å²) in [5.74, 6) is -0.0635. The summed E-state index contributed by atoms with van der Waals surface area (Å²) in [5, 5.41) is 3.56. The molecule has 0 bridgehead atoms. The first-order valence-corrected chi connectivity index (χ1v) is 7.84. The lowest BCUT2D eigenvalue weighted by molar-refractivity contribution is -0.119. The van der Waals surface area contributed by atoms with E-state index in [0.717, 1.165) is 10.5 Å². The minimum atomic E-state index is -0.279. The third kappa shape index (κ3) is 5.06. The van der Waals surface area contributed by atoms with Crippen LogP contribution in [0.3, 0.4) is 0 Å². The highest BCUT2D eigenvalue weighted by molar-refractivity contribution is 8.00. The number of thioether (sulfide) groups is 1. The summed E-state index contributed by atoms with van der Waals surface area (Å²) in [5.41, 5.74) is 0.961. The molecule has 1 unspecified atom stereocenters. The van der Waals surface area contributed by atoms with Gasteiger partial charge in [-0.05, 0) is 48.9 Å². The number of carbonyl (C=O) groups excluding carboxylic acids is 1. The van der Waals surface area contributed by atoms with E-state index in [0.29, 0.717) is 5.02 Å². The van der Waals surface area contributed by atoms with Crippen LogP contribution < -0.4 is 5.32 Å². The molecule has 1 amide bonds. The van der Waals surface area contributed by atoms with E-state index in [1.165, 1.54) is 23.9 Å². The minimum absolute atomic E-state index is 0.0724. The highest BCUT2D eigenvalue weighted by Gasteiger charge is 2.10. The van der Waals surface area contributed by atoms with Gasteiger partial charge in [-0.1, -0.05) is 23.7 Å². The molecule has 0 aromatic heterocycles. The molecule has 1 N–H and O–H groups in total. The molecule has 1 atom stereocenters. The van der Waals surface area contributed by atoms with E-state index in [9.17, 15) is 9.18 Å². The summed E-state index contributed by atoms with van der Waals surface area (Å²) in [4.78, 5) is 12.8. The molecular weight excluding hydrogens is 309 g/mol. The first-order valence-electron chi connectivity index (χ1n) is 6.48. The zero-order valence-electron chi connectivity index (χ0n) is 11.5. The first-order chi connectivity index (χ1) is 10.0. The molecule has 2 aromatic carbocycles. The van der Waals surface area contributed by atoms with E-state index in [1.54, 1.807) is 18.2 Å². The van der Waals surface area contributed by atoms with Crippen molar-refractivity contribution < 1.29 is 9.18 Å². The Morgan fingerprint density at radius 3 is 2.67 bits per heavy atom. The lowest BCUT2D eigenvalue weighted by Crippen LogP contribution is -2.28. The van der Waals surface area contributed by atoms with Gasteiger partial charge in [-0.15, -0.1) is 11.8 Å². The number of benzene rings is 2. The number of amides is 1. The van der Waals surface area contributed by atoms with E-state index >= 15 is 0 Å². The predicted molar refractivity (Wildman–Crippen MR) is 85.1 cm³/mol. The average molecular weight is 324 g/mol. The monoisotopic (exact) mass is 323 g/mol. The highest BCUT2D eigenvalue weighted by atomic mass is 35.5. The number of halogens is 2. The number of nitrogens with one attached hydrogen (secondary N) is 1. The topological polar surface area (TPSA) is 29.1 Å². The van der Waals surface area contributed by atoms with E-state index < -0.39 is 0 Å². The summed E-state index contributed by atoms with van der Waals surface area (Å²) in [7, 11) is 0. The summed E-state index contributed by atoms with van der Waals surface area (Å²) >= 11 is 7.30. The van der Waals surface area contributed by atoms with Crippen LogP contribution >= 0.6 is 23.4 Å². The molecule has 2 nitrogen and oxygen atoms in total. The summed E-state index contributed by atoms with van der Waals surface area (Å²) < 4.78 is 12.8. The van der Waals surface area contributed by atoms with Gasteiger partial charge < -0.3 is 5.32 Å². The fraction of sp³-hybridized carbons (Fsp3) is 0.188. The van der Waals surface area contributed by atoms with E-state index in [4.69, 9.17) is 11.6 Å². The Morgan fingerprint density at radius 1 is 1.29 bits per heavy atom. The second kappa shape index (κ2) is 7.48. The van der Waals surface area contributed by atoms with Gasteiger partial charge in [-0.3, -0.25) is 4.79 Å². The van der Waals surface area contributed by atoms with Crippen molar-refractivity contribution in [2.45, 2.75) is 17.9 Å². The predicted octanol–water partition coefficient (Wildman–Crippen LogP) is 4.45. The van der Waals surface area contributed by atoms with Gasteiger partial charge in [0.2, 0.25) is 5.91 Å². The van der Waals surface area contributed by atoms with Crippen molar-refractivity contribution in [3.63, 3.8) is 0 Å². The third-order valence-electron chi connectivity index (χ3n) is 2.91. The van der Waals surface area contributed by atoms with Crippen LogP contribution in [0.2, 0.25) is 5.02 Å². The van der Waals surface area contributed by atoms with Crippen LogP contribution in [0.25, 0.3) is 0 Å². The third-order valence-corrected chi connectivity index (χ3v) is 4.16. The second-order valence-electron chi connectivity index (χ2n) is 4.59. The Morgan fingerprint density at radius 2 is 2.00 bits per heavy atom. The van der Waals surface area contributed by atoms with Crippen LogP contribution in [-0.2, 0) is 4.79 Å².